The number of fused-ring (bicyclic) bond motifs is 1. The van der Waals surface area contributed by atoms with E-state index in [2.05, 4.69) is 0 Å². The molecule has 0 unspecified atom stereocenters. The molecule has 0 radical (unpaired) electrons. The van der Waals surface area contributed by atoms with E-state index in [9.17, 15) is 9.90 Å². The van der Waals surface area contributed by atoms with Crippen molar-refractivity contribution in [1.29, 1.82) is 0 Å². The fourth-order valence-electron chi connectivity index (χ4n) is 3.46. The maximum atomic E-state index is 12.9. The molecule has 1 aliphatic heterocycles. The van der Waals surface area contributed by atoms with Crippen LogP contribution in [0.5, 0.6) is 11.5 Å². The Balaban J connectivity index is 2.16. The largest absolute Gasteiger partial charge is 0.493 e. The number of carbonyl (C=O) groups is 1. The van der Waals surface area contributed by atoms with Gasteiger partial charge in [0.05, 0.1) is 14.2 Å². The van der Waals surface area contributed by atoms with E-state index in [4.69, 9.17) is 25.8 Å². The van der Waals surface area contributed by atoms with Gasteiger partial charge in [-0.25, -0.2) is 0 Å². The Morgan fingerprint density at radius 2 is 1.97 bits per heavy atom. The second kappa shape index (κ2) is 8.61. The van der Waals surface area contributed by atoms with Crippen molar-refractivity contribution >= 4 is 23.2 Å². The number of hydrogen-bond acceptors (Lipinski definition) is 5. The van der Waals surface area contributed by atoms with Gasteiger partial charge in [-0.15, -0.1) is 0 Å². The molecule has 3 rings (SSSR count). The van der Waals surface area contributed by atoms with E-state index in [0.29, 0.717) is 28.8 Å². The third kappa shape index (κ3) is 4.34. The topological polar surface area (TPSA) is 68.2 Å². The number of nitrogens with zero attached hydrogens (tertiary/aromatic N) is 1. The third-order valence-electron chi connectivity index (χ3n) is 4.97. The van der Waals surface area contributed by atoms with Gasteiger partial charge in [0.2, 0.25) is 0 Å². The first kappa shape index (κ1) is 21.4. The van der Waals surface area contributed by atoms with Crippen molar-refractivity contribution < 1.29 is 24.1 Å². The smallest absolute Gasteiger partial charge is 0.253 e. The molecule has 1 heterocycles. The minimum Gasteiger partial charge on any atom is -0.493 e. The van der Waals surface area contributed by atoms with Gasteiger partial charge in [0.15, 0.2) is 11.5 Å². The number of rotatable bonds is 6. The summed E-state index contributed by atoms with van der Waals surface area (Å²) >= 11 is 6.30. The van der Waals surface area contributed by atoms with Gasteiger partial charge in [-0.1, -0.05) is 37.6 Å². The normalized spacial score (nSPS) is 17.0. The van der Waals surface area contributed by atoms with E-state index in [1.54, 1.807) is 37.3 Å². The Hall–Kier alpha value is -2.28. The number of aliphatic hydroxyl groups is 1. The van der Waals surface area contributed by atoms with E-state index in [-0.39, 0.29) is 19.1 Å². The molecule has 1 amide bonds. The van der Waals surface area contributed by atoms with Crippen LogP contribution in [0.1, 0.15) is 31.1 Å². The summed E-state index contributed by atoms with van der Waals surface area (Å²) in [5.41, 5.74) is 1.73. The standard InChI is InChI=1S/C22H26ClNO5/c1-22(2,13-25)12-24-17-9-8-14(23)10-16(17)20(29-11-19(24)26)15-6-5-7-18(27-3)21(15)28-4/h5-10,20,25H,11-13H2,1-4H3/t20-/m1/s1. The number of ether oxygens (including phenoxy) is 3. The molecule has 6 nitrogen and oxygen atoms in total. The lowest BCUT2D eigenvalue weighted by molar-refractivity contribution is -0.124. The molecule has 0 bridgehead atoms. The van der Waals surface area contributed by atoms with E-state index >= 15 is 0 Å². The predicted octanol–water partition coefficient (Wildman–Crippen LogP) is 3.83. The molecule has 1 aliphatic rings. The van der Waals surface area contributed by atoms with Gasteiger partial charge in [-0.3, -0.25) is 4.79 Å². The molecule has 1 atom stereocenters. The van der Waals surface area contributed by atoms with Crippen LogP contribution < -0.4 is 14.4 Å². The molecule has 29 heavy (non-hydrogen) atoms. The Morgan fingerprint density at radius 1 is 1.21 bits per heavy atom. The fraction of sp³-hybridized carbons (Fsp3) is 0.409. The molecule has 7 heteroatoms. The number of carbonyl (C=O) groups excluding carboxylic acids is 1. The first-order chi connectivity index (χ1) is 13.8. The average molecular weight is 420 g/mol. The van der Waals surface area contributed by atoms with E-state index in [1.165, 1.54) is 0 Å². The van der Waals surface area contributed by atoms with Crippen molar-refractivity contribution in [2.24, 2.45) is 5.41 Å². The number of aliphatic hydroxyl groups excluding tert-OH is 1. The van der Waals surface area contributed by atoms with E-state index < -0.39 is 11.5 Å². The number of amides is 1. The summed E-state index contributed by atoms with van der Waals surface area (Å²) in [7, 11) is 3.14. The number of hydrogen-bond donors (Lipinski definition) is 1. The van der Waals surface area contributed by atoms with Crippen LogP contribution in [-0.2, 0) is 9.53 Å². The summed E-state index contributed by atoms with van der Waals surface area (Å²) in [5, 5.41) is 10.2. The van der Waals surface area contributed by atoms with Crippen molar-refractivity contribution in [2.45, 2.75) is 20.0 Å². The number of benzene rings is 2. The highest BCUT2D eigenvalue weighted by molar-refractivity contribution is 6.30. The lowest BCUT2D eigenvalue weighted by Gasteiger charge is -2.31. The minimum atomic E-state index is -0.570. The summed E-state index contributed by atoms with van der Waals surface area (Å²) in [6.07, 6.45) is -0.570. The lowest BCUT2D eigenvalue weighted by atomic mass is 9.92. The molecule has 2 aromatic carbocycles. The lowest BCUT2D eigenvalue weighted by Crippen LogP contribution is -2.41. The Morgan fingerprint density at radius 3 is 2.62 bits per heavy atom. The van der Waals surface area contributed by atoms with Gasteiger partial charge < -0.3 is 24.2 Å². The first-order valence-corrected chi connectivity index (χ1v) is 9.72. The minimum absolute atomic E-state index is 0.0479. The number of methoxy groups -OCH3 is 2. The molecule has 156 valence electrons. The van der Waals surface area contributed by atoms with E-state index in [0.717, 1.165) is 11.1 Å². The van der Waals surface area contributed by atoms with Gasteiger partial charge in [-0.05, 0) is 24.3 Å². The second-order valence-corrected chi connectivity index (χ2v) is 8.22. The van der Waals surface area contributed by atoms with Gasteiger partial charge in [-0.2, -0.15) is 0 Å². The maximum absolute atomic E-state index is 12.9. The van der Waals surface area contributed by atoms with Crippen molar-refractivity contribution in [2.75, 3.05) is 38.9 Å². The molecule has 0 fully saturated rings. The second-order valence-electron chi connectivity index (χ2n) is 7.78. The molecule has 0 saturated carbocycles. The maximum Gasteiger partial charge on any atom is 0.253 e. The predicted molar refractivity (Wildman–Crippen MR) is 112 cm³/mol. The van der Waals surface area contributed by atoms with Crippen LogP contribution in [0.3, 0.4) is 0 Å². The zero-order chi connectivity index (χ0) is 21.2. The molecule has 0 aromatic heterocycles. The zero-order valence-corrected chi connectivity index (χ0v) is 17.8. The first-order valence-electron chi connectivity index (χ1n) is 9.34. The van der Waals surface area contributed by atoms with Crippen LogP contribution in [0.2, 0.25) is 5.02 Å². The van der Waals surface area contributed by atoms with Gasteiger partial charge in [0, 0.05) is 40.4 Å². The van der Waals surface area contributed by atoms with Crippen molar-refractivity contribution in [3.05, 3.63) is 52.5 Å². The molecule has 0 saturated heterocycles. The van der Waals surface area contributed by atoms with Crippen LogP contribution in [0, 0.1) is 5.41 Å². The molecular formula is C22H26ClNO5. The molecule has 2 aromatic rings. The SMILES string of the molecule is COc1cccc([C@H]2OCC(=O)N(CC(C)(C)CO)c3ccc(Cl)cc32)c1OC. The monoisotopic (exact) mass is 419 g/mol. The van der Waals surface area contributed by atoms with Crippen LogP contribution in [-0.4, -0.2) is 45.0 Å². The Bertz CT molecular complexity index is 899. The summed E-state index contributed by atoms with van der Waals surface area (Å²) in [6, 6.07) is 10.9. The van der Waals surface area contributed by atoms with Gasteiger partial charge in [0.25, 0.3) is 5.91 Å². The molecule has 0 aliphatic carbocycles. The van der Waals surface area contributed by atoms with Crippen LogP contribution in [0.25, 0.3) is 0 Å². The van der Waals surface area contributed by atoms with Gasteiger partial charge in [0.1, 0.15) is 12.7 Å². The fourth-order valence-corrected chi connectivity index (χ4v) is 3.65. The van der Waals surface area contributed by atoms with Crippen molar-refractivity contribution in [3.63, 3.8) is 0 Å². The average Bonchev–Trinajstić information content (AvgIpc) is 2.84. The van der Waals surface area contributed by atoms with Gasteiger partial charge >= 0.3 is 0 Å². The summed E-state index contributed by atoms with van der Waals surface area (Å²) in [5.74, 6) is 0.938. The zero-order valence-electron chi connectivity index (χ0n) is 17.1. The van der Waals surface area contributed by atoms with Crippen molar-refractivity contribution in [1.82, 2.24) is 0 Å². The molecule has 1 N–H and O–H groups in total. The van der Waals surface area contributed by atoms with E-state index in [1.807, 2.05) is 32.0 Å². The highest BCUT2D eigenvalue weighted by Crippen LogP contribution is 2.44. The third-order valence-corrected chi connectivity index (χ3v) is 5.20. The highest BCUT2D eigenvalue weighted by atomic mass is 35.5. The van der Waals surface area contributed by atoms with Crippen LogP contribution in [0.15, 0.2) is 36.4 Å². The Kier molecular flexibility index (Phi) is 6.36. The summed E-state index contributed by atoms with van der Waals surface area (Å²) in [4.78, 5) is 14.6. The van der Waals surface area contributed by atoms with Crippen LogP contribution in [0.4, 0.5) is 5.69 Å². The quantitative estimate of drug-likeness (QED) is 0.770. The highest BCUT2D eigenvalue weighted by Gasteiger charge is 2.34. The summed E-state index contributed by atoms with van der Waals surface area (Å²) < 4.78 is 17.1. The number of para-hydroxylation sites is 1. The summed E-state index contributed by atoms with van der Waals surface area (Å²) in [6.45, 7) is 4.00. The number of anilines is 1. The molecular weight excluding hydrogens is 394 g/mol. The number of halogens is 1. The Labute approximate surface area is 175 Å². The van der Waals surface area contributed by atoms with Crippen LogP contribution >= 0.6 is 11.6 Å². The molecule has 0 spiro atoms. The van der Waals surface area contributed by atoms with Crippen molar-refractivity contribution in [3.8, 4) is 11.5 Å².